The van der Waals surface area contributed by atoms with Crippen LogP contribution in [0.5, 0.6) is 0 Å². The van der Waals surface area contributed by atoms with E-state index in [2.05, 4.69) is 55.2 Å². The van der Waals surface area contributed by atoms with Crippen molar-refractivity contribution in [2.45, 2.75) is 39.2 Å². The Balaban J connectivity index is 1.65. The van der Waals surface area contributed by atoms with Crippen LogP contribution in [0.1, 0.15) is 59.7 Å². The molecule has 2 aromatic heterocycles. The fourth-order valence-electron chi connectivity index (χ4n) is 4.38. The molecule has 1 aliphatic rings. The van der Waals surface area contributed by atoms with Crippen LogP contribution >= 0.6 is 0 Å². The maximum absolute atomic E-state index is 13.6. The molecule has 0 radical (unpaired) electrons. The Bertz CT molecular complexity index is 1310. The molecule has 1 amide bonds. The number of nitrogens with two attached hydrogens (primary N) is 1. The molecule has 1 unspecified atom stereocenters. The summed E-state index contributed by atoms with van der Waals surface area (Å²) in [4.78, 5) is 15.4. The molecule has 0 aliphatic carbocycles. The number of nitrogens with one attached hydrogen (secondary N) is 1. The molecular weight excluding hydrogens is 402 g/mol. The molecule has 32 heavy (non-hydrogen) atoms. The molecule has 7 heteroatoms. The van der Waals surface area contributed by atoms with Crippen LogP contribution < -0.4 is 10.6 Å². The third-order valence-corrected chi connectivity index (χ3v) is 5.95. The predicted octanol–water partition coefficient (Wildman–Crippen LogP) is 5.00. The van der Waals surface area contributed by atoms with E-state index in [4.69, 9.17) is 10.3 Å². The zero-order valence-corrected chi connectivity index (χ0v) is 18.5. The van der Waals surface area contributed by atoms with Crippen LogP contribution in [0.25, 0.3) is 11.3 Å². The van der Waals surface area contributed by atoms with Crippen molar-refractivity contribution in [1.29, 1.82) is 0 Å². The molecule has 0 spiro atoms. The van der Waals surface area contributed by atoms with Crippen LogP contribution in [0, 0.1) is 6.92 Å². The van der Waals surface area contributed by atoms with E-state index in [1.165, 1.54) is 0 Å². The first-order valence-corrected chi connectivity index (χ1v) is 10.6. The summed E-state index contributed by atoms with van der Waals surface area (Å²) in [6.45, 7) is 8.45. The summed E-state index contributed by atoms with van der Waals surface area (Å²) in [6, 6.07) is 17.2. The quantitative estimate of drug-likeness (QED) is 0.479. The zero-order valence-electron chi connectivity index (χ0n) is 18.5. The van der Waals surface area contributed by atoms with Crippen molar-refractivity contribution in [3.8, 4) is 11.3 Å². The third-order valence-electron chi connectivity index (χ3n) is 5.95. The van der Waals surface area contributed by atoms with Gasteiger partial charge in [0.25, 0.3) is 5.91 Å². The fourth-order valence-corrected chi connectivity index (χ4v) is 4.38. The smallest absolute Gasteiger partial charge is 0.280 e. The lowest BCUT2D eigenvalue weighted by molar-refractivity contribution is 0.0988. The first-order chi connectivity index (χ1) is 15.3. The largest absolute Gasteiger partial charge is 0.381 e. The Morgan fingerprint density at radius 2 is 1.81 bits per heavy atom. The van der Waals surface area contributed by atoms with E-state index in [0.717, 1.165) is 33.6 Å². The minimum atomic E-state index is -0.265. The van der Waals surface area contributed by atoms with E-state index in [0.29, 0.717) is 17.3 Å². The summed E-state index contributed by atoms with van der Waals surface area (Å²) in [6.07, 6.45) is 0. The number of nitrogen functional groups attached to an aromatic ring is 1. The monoisotopic (exact) mass is 427 g/mol. The Morgan fingerprint density at radius 1 is 1.09 bits per heavy atom. The van der Waals surface area contributed by atoms with Crippen LogP contribution in [0.4, 0.5) is 11.5 Å². The summed E-state index contributed by atoms with van der Waals surface area (Å²) in [5, 5.41) is 11.3. The molecule has 0 saturated heterocycles. The maximum Gasteiger partial charge on any atom is 0.280 e. The van der Waals surface area contributed by atoms with Gasteiger partial charge in [0.1, 0.15) is 0 Å². The van der Waals surface area contributed by atoms with Crippen molar-refractivity contribution in [1.82, 2.24) is 15.4 Å². The second-order valence-corrected chi connectivity index (χ2v) is 9.21. The normalized spacial score (nSPS) is 15.9. The molecule has 0 bridgehead atoms. The topological polar surface area (TPSA) is 101 Å². The highest BCUT2D eigenvalue weighted by Crippen LogP contribution is 2.45. The molecule has 0 saturated carbocycles. The second-order valence-electron chi connectivity index (χ2n) is 9.21. The van der Waals surface area contributed by atoms with E-state index >= 15 is 0 Å². The number of nitrogens with zero attached hydrogens (tertiary/aromatic N) is 3. The summed E-state index contributed by atoms with van der Waals surface area (Å²) in [7, 11) is 0. The van der Waals surface area contributed by atoms with E-state index in [-0.39, 0.29) is 17.4 Å². The minimum absolute atomic E-state index is 0.114. The van der Waals surface area contributed by atoms with E-state index in [9.17, 15) is 4.79 Å². The number of H-pyrrole nitrogens is 1. The number of carbonyl (C=O) groups excluding carboxylic acids is 1. The van der Waals surface area contributed by atoms with Crippen LogP contribution in [0.15, 0.2) is 59.1 Å². The summed E-state index contributed by atoms with van der Waals surface area (Å²) < 4.78 is 5.26. The van der Waals surface area contributed by atoms with E-state index < -0.39 is 0 Å². The lowest BCUT2D eigenvalue weighted by Crippen LogP contribution is -2.30. The molecule has 5 rings (SSSR count). The number of aromatic amines is 1. The van der Waals surface area contributed by atoms with Crippen LogP contribution in [0.3, 0.4) is 0 Å². The van der Waals surface area contributed by atoms with Gasteiger partial charge in [-0.05, 0) is 42.3 Å². The van der Waals surface area contributed by atoms with Crippen molar-refractivity contribution >= 4 is 17.4 Å². The molecule has 1 aliphatic heterocycles. The lowest BCUT2D eigenvalue weighted by atomic mass is 9.85. The summed E-state index contributed by atoms with van der Waals surface area (Å²) in [5.74, 6) is 0.801. The third kappa shape index (κ3) is 3.09. The van der Waals surface area contributed by atoms with Gasteiger partial charge in [-0.1, -0.05) is 50.2 Å². The summed E-state index contributed by atoms with van der Waals surface area (Å²) in [5.41, 5.74) is 11.7. The average molecular weight is 428 g/mol. The van der Waals surface area contributed by atoms with Crippen LogP contribution in [0.2, 0.25) is 0 Å². The lowest BCUT2D eigenvalue weighted by Gasteiger charge is -2.29. The SMILES string of the molecule is Cc1ccccc1C1c2c(n[nH]c2C(C)(C)C)C(=O)N1c1ccc(-c2cc(N)no2)cc1. The molecular formula is C25H25N5O2. The number of hydrogen-bond acceptors (Lipinski definition) is 5. The summed E-state index contributed by atoms with van der Waals surface area (Å²) >= 11 is 0. The highest BCUT2D eigenvalue weighted by Gasteiger charge is 2.45. The standard InChI is InChI=1S/C25H25N5O2/c1-14-7-5-6-8-17(14)22-20-21(27-28-23(20)25(2,3)4)24(31)30(22)16-11-9-15(10-12-16)18-13-19(26)29-32-18/h5-13,22H,1-4H3,(H2,26,29)(H,27,28). The predicted molar refractivity (Wildman–Crippen MR) is 123 cm³/mol. The highest BCUT2D eigenvalue weighted by atomic mass is 16.5. The van der Waals surface area contributed by atoms with Crippen molar-refractivity contribution in [2.24, 2.45) is 0 Å². The number of fused-ring (bicyclic) bond motifs is 1. The Hall–Kier alpha value is -3.87. The van der Waals surface area contributed by atoms with Gasteiger partial charge in [0, 0.05) is 34.0 Å². The van der Waals surface area contributed by atoms with Gasteiger partial charge in [-0.3, -0.25) is 14.8 Å². The number of aromatic nitrogens is 3. The van der Waals surface area contributed by atoms with Crippen molar-refractivity contribution < 1.29 is 9.32 Å². The fraction of sp³-hybridized carbons (Fsp3) is 0.240. The van der Waals surface area contributed by atoms with Gasteiger partial charge in [0.15, 0.2) is 17.3 Å². The van der Waals surface area contributed by atoms with Gasteiger partial charge in [0.2, 0.25) is 0 Å². The first kappa shape index (κ1) is 20.1. The van der Waals surface area contributed by atoms with Crippen LogP contribution in [-0.4, -0.2) is 21.3 Å². The first-order valence-electron chi connectivity index (χ1n) is 10.6. The number of benzene rings is 2. The zero-order chi connectivity index (χ0) is 22.6. The number of carbonyl (C=O) groups is 1. The molecule has 3 heterocycles. The van der Waals surface area contributed by atoms with Crippen molar-refractivity contribution in [2.75, 3.05) is 10.6 Å². The molecule has 2 aromatic carbocycles. The van der Waals surface area contributed by atoms with Gasteiger partial charge in [-0.25, -0.2) is 0 Å². The Morgan fingerprint density at radius 3 is 2.44 bits per heavy atom. The number of rotatable bonds is 3. The second kappa shape index (κ2) is 7.09. The number of amides is 1. The number of aryl methyl sites for hydroxylation is 1. The maximum atomic E-state index is 13.6. The Labute approximate surface area is 186 Å². The molecule has 4 aromatic rings. The van der Waals surface area contributed by atoms with Gasteiger partial charge in [-0.2, -0.15) is 5.10 Å². The van der Waals surface area contributed by atoms with Crippen molar-refractivity contribution in [3.05, 3.63) is 82.7 Å². The molecule has 0 fully saturated rings. The van der Waals surface area contributed by atoms with Gasteiger partial charge < -0.3 is 10.3 Å². The number of hydrogen-bond donors (Lipinski definition) is 2. The van der Waals surface area contributed by atoms with Gasteiger partial charge >= 0.3 is 0 Å². The molecule has 3 N–H and O–H groups in total. The van der Waals surface area contributed by atoms with Gasteiger partial charge in [0.05, 0.1) is 6.04 Å². The van der Waals surface area contributed by atoms with E-state index in [1.807, 2.05) is 41.3 Å². The van der Waals surface area contributed by atoms with E-state index in [1.54, 1.807) is 6.07 Å². The Kier molecular flexibility index (Phi) is 4.44. The van der Waals surface area contributed by atoms with Crippen LogP contribution in [-0.2, 0) is 5.41 Å². The highest BCUT2D eigenvalue weighted by molar-refractivity contribution is 6.10. The average Bonchev–Trinajstić information content (AvgIpc) is 3.44. The van der Waals surface area contributed by atoms with Crippen molar-refractivity contribution in [3.63, 3.8) is 0 Å². The molecule has 162 valence electrons. The minimum Gasteiger partial charge on any atom is -0.381 e. The van der Waals surface area contributed by atoms with Gasteiger partial charge in [-0.15, -0.1) is 0 Å². The molecule has 7 nitrogen and oxygen atoms in total. The molecule has 1 atom stereocenters. The number of anilines is 2.